The van der Waals surface area contributed by atoms with Gasteiger partial charge < -0.3 is 5.32 Å². The molecule has 1 amide bonds. The van der Waals surface area contributed by atoms with E-state index in [9.17, 15) is 13.6 Å². The molecule has 0 bridgehead atoms. The summed E-state index contributed by atoms with van der Waals surface area (Å²) in [5, 5.41) is 3.28. The second-order valence-corrected chi connectivity index (χ2v) is 5.82. The Balaban J connectivity index is 1.80. The highest BCUT2D eigenvalue weighted by molar-refractivity contribution is 7.99. The van der Waals surface area contributed by atoms with Gasteiger partial charge in [0, 0.05) is 33.8 Å². The second-order valence-electron chi connectivity index (χ2n) is 4.22. The van der Waals surface area contributed by atoms with Crippen molar-refractivity contribution in [1.82, 2.24) is 5.32 Å². The highest BCUT2D eigenvalue weighted by atomic mass is 35.5. The van der Waals surface area contributed by atoms with Crippen LogP contribution in [0, 0.1) is 11.6 Å². The molecule has 0 atom stereocenters. The smallest absolute Gasteiger partial charge is 0.251 e. The maximum Gasteiger partial charge on any atom is 0.251 e. The van der Waals surface area contributed by atoms with Crippen molar-refractivity contribution in [3.8, 4) is 0 Å². The highest BCUT2D eigenvalue weighted by Crippen LogP contribution is 2.19. The summed E-state index contributed by atoms with van der Waals surface area (Å²) < 4.78 is 26.0. The fourth-order valence-corrected chi connectivity index (χ4v) is 2.55. The molecule has 0 unspecified atom stereocenters. The van der Waals surface area contributed by atoms with Crippen molar-refractivity contribution in [2.75, 3.05) is 12.3 Å². The van der Waals surface area contributed by atoms with Crippen molar-refractivity contribution in [3.63, 3.8) is 0 Å². The molecule has 0 heterocycles. The van der Waals surface area contributed by atoms with E-state index in [2.05, 4.69) is 5.32 Å². The van der Waals surface area contributed by atoms with E-state index in [1.807, 2.05) is 12.1 Å². The van der Waals surface area contributed by atoms with Crippen molar-refractivity contribution >= 4 is 29.3 Å². The van der Waals surface area contributed by atoms with Gasteiger partial charge >= 0.3 is 0 Å². The predicted octanol–water partition coefficient (Wildman–Crippen LogP) is 4.14. The Morgan fingerprint density at radius 1 is 1.10 bits per heavy atom. The Hall–Kier alpha value is -1.59. The van der Waals surface area contributed by atoms with Gasteiger partial charge in [-0.1, -0.05) is 11.6 Å². The van der Waals surface area contributed by atoms with E-state index in [1.165, 1.54) is 0 Å². The Labute approximate surface area is 130 Å². The normalized spacial score (nSPS) is 10.4. The van der Waals surface area contributed by atoms with Crippen LogP contribution in [-0.4, -0.2) is 18.2 Å². The van der Waals surface area contributed by atoms with Gasteiger partial charge in [0.25, 0.3) is 5.91 Å². The zero-order valence-corrected chi connectivity index (χ0v) is 12.5. The minimum atomic E-state index is -0.768. The van der Waals surface area contributed by atoms with Gasteiger partial charge in [0.05, 0.1) is 0 Å². The zero-order chi connectivity index (χ0) is 15.2. The first-order valence-corrected chi connectivity index (χ1v) is 7.53. The van der Waals surface area contributed by atoms with Crippen LogP contribution in [0.2, 0.25) is 5.02 Å². The Morgan fingerprint density at radius 3 is 2.33 bits per heavy atom. The minimum Gasteiger partial charge on any atom is -0.351 e. The van der Waals surface area contributed by atoms with Crippen LogP contribution in [0.1, 0.15) is 10.4 Å². The molecule has 2 aromatic rings. The third kappa shape index (κ3) is 5.02. The quantitative estimate of drug-likeness (QED) is 0.660. The molecule has 0 saturated heterocycles. The van der Waals surface area contributed by atoms with Gasteiger partial charge in [0.2, 0.25) is 0 Å². The highest BCUT2D eigenvalue weighted by Gasteiger charge is 2.08. The summed E-state index contributed by atoms with van der Waals surface area (Å²) in [5.74, 6) is -1.39. The molecule has 0 aliphatic rings. The summed E-state index contributed by atoms with van der Waals surface area (Å²) >= 11 is 7.33. The molecule has 2 rings (SSSR count). The van der Waals surface area contributed by atoms with Crippen LogP contribution in [0.25, 0.3) is 0 Å². The summed E-state index contributed by atoms with van der Waals surface area (Å²) in [6.07, 6.45) is 0. The largest absolute Gasteiger partial charge is 0.351 e. The molecule has 0 radical (unpaired) electrons. The van der Waals surface area contributed by atoms with E-state index < -0.39 is 17.5 Å². The first-order valence-electron chi connectivity index (χ1n) is 6.17. The molecule has 0 spiro atoms. The van der Waals surface area contributed by atoms with Crippen LogP contribution < -0.4 is 5.32 Å². The Bertz CT molecular complexity index is 614. The number of hydrogen-bond acceptors (Lipinski definition) is 2. The van der Waals surface area contributed by atoms with Crippen LogP contribution in [0.5, 0.6) is 0 Å². The summed E-state index contributed by atoms with van der Waals surface area (Å²) in [6.45, 7) is 0.393. The SMILES string of the molecule is O=C(NCCSc1ccc(Cl)cc1)c1cc(F)cc(F)c1. The lowest BCUT2D eigenvalue weighted by atomic mass is 10.2. The molecular weight excluding hydrogens is 316 g/mol. The number of benzene rings is 2. The Kier molecular flexibility index (Phi) is 5.59. The number of rotatable bonds is 5. The average Bonchev–Trinajstić information content (AvgIpc) is 2.44. The topological polar surface area (TPSA) is 29.1 Å². The molecule has 2 aromatic carbocycles. The second kappa shape index (κ2) is 7.43. The van der Waals surface area contributed by atoms with Gasteiger partial charge in [-0.2, -0.15) is 0 Å². The number of carbonyl (C=O) groups excluding carboxylic acids is 1. The van der Waals surface area contributed by atoms with Crippen LogP contribution >= 0.6 is 23.4 Å². The number of amides is 1. The van der Waals surface area contributed by atoms with Gasteiger partial charge in [-0.3, -0.25) is 4.79 Å². The van der Waals surface area contributed by atoms with Crippen molar-refractivity contribution in [1.29, 1.82) is 0 Å². The van der Waals surface area contributed by atoms with Gasteiger partial charge in [0.15, 0.2) is 0 Å². The van der Waals surface area contributed by atoms with Crippen LogP contribution in [0.3, 0.4) is 0 Å². The van der Waals surface area contributed by atoms with Gasteiger partial charge in [-0.25, -0.2) is 8.78 Å². The molecule has 0 aliphatic carbocycles. The van der Waals surface area contributed by atoms with Gasteiger partial charge in [-0.05, 0) is 36.4 Å². The lowest BCUT2D eigenvalue weighted by Crippen LogP contribution is -2.25. The first-order chi connectivity index (χ1) is 10.0. The molecule has 0 saturated carbocycles. The van der Waals surface area contributed by atoms with Crippen molar-refractivity contribution in [2.45, 2.75) is 4.90 Å². The average molecular weight is 328 g/mol. The third-order valence-electron chi connectivity index (χ3n) is 2.59. The zero-order valence-electron chi connectivity index (χ0n) is 10.9. The van der Waals surface area contributed by atoms with Crippen molar-refractivity contribution < 1.29 is 13.6 Å². The van der Waals surface area contributed by atoms with E-state index in [4.69, 9.17) is 11.6 Å². The number of carbonyl (C=O) groups is 1. The van der Waals surface area contributed by atoms with E-state index in [0.717, 1.165) is 23.1 Å². The first kappa shape index (κ1) is 15.8. The van der Waals surface area contributed by atoms with Crippen LogP contribution in [-0.2, 0) is 0 Å². The molecule has 0 aliphatic heterocycles. The predicted molar refractivity (Wildman–Crippen MR) is 80.9 cm³/mol. The van der Waals surface area contributed by atoms with E-state index in [-0.39, 0.29) is 5.56 Å². The van der Waals surface area contributed by atoms with E-state index in [1.54, 1.807) is 23.9 Å². The fraction of sp³-hybridized carbons (Fsp3) is 0.133. The maximum atomic E-state index is 13.0. The molecule has 0 aromatic heterocycles. The molecule has 110 valence electrons. The number of hydrogen-bond donors (Lipinski definition) is 1. The Morgan fingerprint density at radius 2 is 1.71 bits per heavy atom. The summed E-state index contributed by atoms with van der Waals surface area (Å²) in [5.41, 5.74) is -0.0241. The molecule has 21 heavy (non-hydrogen) atoms. The summed E-state index contributed by atoms with van der Waals surface area (Å²) in [6, 6.07) is 10.1. The lowest BCUT2D eigenvalue weighted by molar-refractivity contribution is 0.0955. The molecular formula is C15H12ClF2NOS. The van der Waals surface area contributed by atoms with Gasteiger partial charge in [0.1, 0.15) is 11.6 Å². The molecule has 2 nitrogen and oxygen atoms in total. The monoisotopic (exact) mass is 327 g/mol. The lowest BCUT2D eigenvalue weighted by Gasteiger charge is -2.06. The maximum absolute atomic E-state index is 13.0. The van der Waals surface area contributed by atoms with Crippen molar-refractivity contribution in [2.24, 2.45) is 0 Å². The van der Waals surface area contributed by atoms with Crippen LogP contribution in [0.4, 0.5) is 8.78 Å². The molecule has 6 heteroatoms. The number of halogens is 3. The third-order valence-corrected chi connectivity index (χ3v) is 3.86. The number of nitrogens with one attached hydrogen (secondary N) is 1. The molecule has 1 N–H and O–H groups in total. The van der Waals surface area contributed by atoms with E-state index >= 15 is 0 Å². The standard InChI is InChI=1S/C15H12ClF2NOS/c16-11-1-3-14(4-2-11)21-6-5-19-15(20)10-7-12(17)9-13(18)8-10/h1-4,7-9H,5-6H2,(H,19,20). The number of thioether (sulfide) groups is 1. The summed E-state index contributed by atoms with van der Waals surface area (Å²) in [7, 11) is 0. The van der Waals surface area contributed by atoms with Crippen LogP contribution in [0.15, 0.2) is 47.4 Å². The summed E-state index contributed by atoms with van der Waals surface area (Å²) in [4.78, 5) is 12.8. The van der Waals surface area contributed by atoms with E-state index in [0.29, 0.717) is 17.3 Å². The minimum absolute atomic E-state index is 0.0241. The fourth-order valence-electron chi connectivity index (χ4n) is 1.65. The van der Waals surface area contributed by atoms with Gasteiger partial charge in [-0.15, -0.1) is 11.8 Å². The molecule has 0 fully saturated rings. The van der Waals surface area contributed by atoms with Crippen molar-refractivity contribution in [3.05, 3.63) is 64.7 Å².